The Balaban J connectivity index is 1.89. The van der Waals surface area contributed by atoms with Crippen molar-refractivity contribution in [3.05, 3.63) is 110 Å². The van der Waals surface area contributed by atoms with Crippen LogP contribution in [0.25, 0.3) is 6.08 Å². The highest BCUT2D eigenvalue weighted by Crippen LogP contribution is 2.18. The number of carbonyl (C=O) groups excluding carboxylic acids is 3. The van der Waals surface area contributed by atoms with Gasteiger partial charge in [-0.15, -0.1) is 0 Å². The largest absolute Gasteiger partial charge is 0.465 e. The Bertz CT molecular complexity index is 1270. The third kappa shape index (κ3) is 6.05. The number of nitrogens with one attached hydrogen (secondary N) is 2. The highest BCUT2D eigenvalue weighted by Gasteiger charge is 2.17. The van der Waals surface area contributed by atoms with E-state index in [-0.39, 0.29) is 22.0 Å². The Morgan fingerprint density at radius 3 is 2.21 bits per heavy atom. The third-order valence-electron chi connectivity index (χ3n) is 4.59. The number of amides is 2. The molecule has 0 unspecified atom stereocenters. The van der Waals surface area contributed by atoms with Gasteiger partial charge in [0.05, 0.1) is 28.2 Å². The Morgan fingerprint density at radius 1 is 0.971 bits per heavy atom. The van der Waals surface area contributed by atoms with Gasteiger partial charge in [-0.05, 0) is 60.2 Å². The van der Waals surface area contributed by atoms with Crippen molar-refractivity contribution in [2.75, 3.05) is 12.4 Å². The van der Waals surface area contributed by atoms with Crippen LogP contribution in [-0.4, -0.2) is 29.8 Å². The summed E-state index contributed by atoms with van der Waals surface area (Å²) in [7, 11) is 1.26. The first-order valence-electron chi connectivity index (χ1n) is 9.80. The second-order valence-corrected chi connectivity index (χ2v) is 7.27. The first-order valence-corrected chi connectivity index (χ1v) is 10.2. The van der Waals surface area contributed by atoms with Gasteiger partial charge in [0.2, 0.25) is 0 Å². The van der Waals surface area contributed by atoms with Crippen molar-refractivity contribution < 1.29 is 24.0 Å². The molecule has 0 aliphatic heterocycles. The van der Waals surface area contributed by atoms with Crippen LogP contribution < -0.4 is 10.6 Å². The van der Waals surface area contributed by atoms with Crippen LogP contribution in [0.3, 0.4) is 0 Å². The number of ether oxygens (including phenoxy) is 1. The predicted molar refractivity (Wildman–Crippen MR) is 126 cm³/mol. The van der Waals surface area contributed by atoms with Gasteiger partial charge >= 0.3 is 5.97 Å². The zero-order chi connectivity index (χ0) is 24.7. The summed E-state index contributed by atoms with van der Waals surface area (Å²) >= 11 is 6.09. The van der Waals surface area contributed by atoms with Gasteiger partial charge in [0, 0.05) is 17.8 Å². The van der Waals surface area contributed by atoms with Crippen molar-refractivity contribution in [1.29, 1.82) is 0 Å². The second-order valence-electron chi connectivity index (χ2n) is 6.86. The lowest BCUT2D eigenvalue weighted by Crippen LogP contribution is -2.31. The first-order chi connectivity index (χ1) is 16.3. The van der Waals surface area contributed by atoms with Crippen molar-refractivity contribution in [3.63, 3.8) is 0 Å². The normalized spacial score (nSPS) is 10.8. The fourth-order valence-corrected chi connectivity index (χ4v) is 3.08. The topological polar surface area (TPSA) is 128 Å². The molecule has 3 rings (SSSR count). The zero-order valence-corrected chi connectivity index (χ0v) is 18.5. The molecule has 3 aromatic carbocycles. The number of nitrogens with zero attached hydrogens (tertiary/aromatic N) is 1. The number of hydrogen-bond donors (Lipinski definition) is 2. The van der Waals surface area contributed by atoms with E-state index in [0.717, 1.165) is 0 Å². The van der Waals surface area contributed by atoms with E-state index in [9.17, 15) is 24.5 Å². The molecule has 0 spiro atoms. The summed E-state index contributed by atoms with van der Waals surface area (Å²) in [6, 6.07) is 17.7. The lowest BCUT2D eigenvalue weighted by atomic mass is 10.1. The fourth-order valence-electron chi connectivity index (χ4n) is 2.86. The molecule has 0 radical (unpaired) electrons. The molecule has 0 saturated carbocycles. The van der Waals surface area contributed by atoms with E-state index < -0.39 is 22.7 Å². The Morgan fingerprint density at radius 2 is 1.62 bits per heavy atom. The summed E-state index contributed by atoms with van der Waals surface area (Å²) in [5.74, 6) is -1.80. The quantitative estimate of drug-likeness (QED) is 0.223. The standard InChI is InChI=1S/C24H18ClN3O6/c1-34-24(31)16-8-10-17(11-9-16)26-23(30)21(14-15-6-12-18(13-7-15)28(32)33)27-22(29)19-4-2-3-5-20(19)25/h2-14H,1H3,(H,26,30)(H,27,29)/b21-14+. The molecule has 9 nitrogen and oxygen atoms in total. The van der Waals surface area contributed by atoms with E-state index in [1.165, 1.54) is 67.8 Å². The van der Waals surface area contributed by atoms with Crippen LogP contribution in [-0.2, 0) is 9.53 Å². The second kappa shape index (κ2) is 10.9. The van der Waals surface area contributed by atoms with Crippen LogP contribution in [0.1, 0.15) is 26.3 Å². The predicted octanol–water partition coefficient (Wildman–Crippen LogP) is 4.44. The Kier molecular flexibility index (Phi) is 7.73. The Hall–Kier alpha value is -4.50. The van der Waals surface area contributed by atoms with Gasteiger partial charge in [-0.25, -0.2) is 4.79 Å². The highest BCUT2D eigenvalue weighted by atomic mass is 35.5. The van der Waals surface area contributed by atoms with E-state index in [1.807, 2.05) is 0 Å². The minimum absolute atomic E-state index is 0.117. The van der Waals surface area contributed by atoms with E-state index in [4.69, 9.17) is 11.6 Å². The van der Waals surface area contributed by atoms with Gasteiger partial charge in [-0.2, -0.15) is 0 Å². The molecule has 0 heterocycles. The minimum atomic E-state index is -0.662. The molecular weight excluding hydrogens is 462 g/mol. The van der Waals surface area contributed by atoms with Crippen molar-refractivity contribution in [2.24, 2.45) is 0 Å². The van der Waals surface area contributed by atoms with Crippen LogP contribution in [0.2, 0.25) is 5.02 Å². The molecule has 0 saturated heterocycles. The van der Waals surface area contributed by atoms with Gasteiger partial charge in [0.15, 0.2) is 0 Å². The molecular formula is C24H18ClN3O6. The summed E-state index contributed by atoms with van der Waals surface area (Å²) in [5.41, 5.74) is 1.02. The lowest BCUT2D eigenvalue weighted by molar-refractivity contribution is -0.384. The fraction of sp³-hybridized carbons (Fsp3) is 0.0417. The van der Waals surface area contributed by atoms with Crippen molar-refractivity contribution >= 4 is 46.8 Å². The van der Waals surface area contributed by atoms with E-state index in [1.54, 1.807) is 18.2 Å². The first kappa shape index (κ1) is 24.1. The molecule has 0 aliphatic carbocycles. The van der Waals surface area contributed by atoms with Crippen LogP contribution in [0, 0.1) is 10.1 Å². The van der Waals surface area contributed by atoms with Gasteiger partial charge in [-0.1, -0.05) is 23.7 Å². The third-order valence-corrected chi connectivity index (χ3v) is 4.92. The molecule has 0 atom stereocenters. The monoisotopic (exact) mass is 479 g/mol. The number of nitro benzene ring substituents is 1. The lowest BCUT2D eigenvalue weighted by Gasteiger charge is -2.12. The maximum Gasteiger partial charge on any atom is 0.337 e. The highest BCUT2D eigenvalue weighted by molar-refractivity contribution is 6.34. The number of methoxy groups -OCH3 is 1. The summed E-state index contributed by atoms with van der Waals surface area (Å²) in [4.78, 5) is 47.7. The number of non-ortho nitro benzene ring substituents is 1. The minimum Gasteiger partial charge on any atom is -0.465 e. The Labute approximate surface area is 199 Å². The van der Waals surface area contributed by atoms with Crippen LogP contribution in [0.4, 0.5) is 11.4 Å². The number of benzene rings is 3. The summed E-state index contributed by atoms with van der Waals surface area (Å²) in [6.07, 6.45) is 1.37. The summed E-state index contributed by atoms with van der Waals surface area (Å²) in [6.45, 7) is 0. The van der Waals surface area contributed by atoms with Crippen LogP contribution in [0.15, 0.2) is 78.5 Å². The van der Waals surface area contributed by atoms with Crippen molar-refractivity contribution in [3.8, 4) is 0 Å². The van der Waals surface area contributed by atoms with Gasteiger partial charge < -0.3 is 15.4 Å². The molecule has 0 aromatic heterocycles. The molecule has 0 bridgehead atoms. The van der Waals surface area contributed by atoms with Gasteiger partial charge in [0.1, 0.15) is 5.70 Å². The molecule has 0 fully saturated rings. The average Bonchev–Trinajstić information content (AvgIpc) is 2.84. The molecule has 2 N–H and O–H groups in total. The number of carbonyl (C=O) groups is 3. The van der Waals surface area contributed by atoms with Crippen molar-refractivity contribution in [2.45, 2.75) is 0 Å². The van der Waals surface area contributed by atoms with Crippen LogP contribution >= 0.6 is 11.6 Å². The average molecular weight is 480 g/mol. The van der Waals surface area contributed by atoms with Crippen molar-refractivity contribution in [1.82, 2.24) is 5.32 Å². The molecule has 0 aliphatic rings. The molecule has 2 amide bonds. The maximum atomic E-state index is 13.0. The van der Waals surface area contributed by atoms with Gasteiger partial charge in [0.25, 0.3) is 17.5 Å². The maximum absolute atomic E-state index is 13.0. The number of anilines is 1. The molecule has 3 aromatic rings. The SMILES string of the molecule is COC(=O)c1ccc(NC(=O)/C(=C\c2ccc([N+](=O)[O-])cc2)NC(=O)c2ccccc2Cl)cc1. The summed E-state index contributed by atoms with van der Waals surface area (Å²) in [5, 5.41) is 16.3. The van der Waals surface area contributed by atoms with Crippen LogP contribution in [0.5, 0.6) is 0 Å². The molecule has 172 valence electrons. The van der Waals surface area contributed by atoms with E-state index in [0.29, 0.717) is 16.8 Å². The molecule has 10 heteroatoms. The number of rotatable bonds is 7. The number of halogens is 1. The molecule has 34 heavy (non-hydrogen) atoms. The number of nitro groups is 1. The zero-order valence-electron chi connectivity index (χ0n) is 17.8. The number of hydrogen-bond acceptors (Lipinski definition) is 6. The van der Waals surface area contributed by atoms with E-state index in [2.05, 4.69) is 15.4 Å². The smallest absolute Gasteiger partial charge is 0.337 e. The number of esters is 1. The van der Waals surface area contributed by atoms with E-state index >= 15 is 0 Å². The summed E-state index contributed by atoms with van der Waals surface area (Å²) < 4.78 is 4.64. The van der Waals surface area contributed by atoms with Gasteiger partial charge in [-0.3, -0.25) is 19.7 Å².